The molecule has 9 aromatic carbocycles. The minimum Gasteiger partial charge on any atom is -0.342 e. The van der Waals surface area contributed by atoms with Gasteiger partial charge in [-0.15, -0.1) is 0 Å². The summed E-state index contributed by atoms with van der Waals surface area (Å²) < 4.78 is 9.59. The average Bonchev–Trinajstić information content (AvgIpc) is 3.98. The molecule has 74 heavy (non-hydrogen) atoms. The smallest absolute Gasteiger partial charge is 0.223 e. The van der Waals surface area contributed by atoms with Crippen molar-refractivity contribution in [3.8, 4) is 17.3 Å². The van der Waals surface area contributed by atoms with E-state index in [4.69, 9.17) is 9.98 Å². The highest BCUT2D eigenvalue weighted by atomic mass is 15.4. The predicted octanol–water partition coefficient (Wildman–Crippen LogP) is 15.8. The normalized spacial score (nSPS) is 18.5. The first-order chi connectivity index (χ1) is 36.7. The van der Waals surface area contributed by atoms with Gasteiger partial charge in [-0.1, -0.05) is 170 Å². The molecule has 2 aliphatic heterocycles. The van der Waals surface area contributed by atoms with Gasteiger partial charge in [-0.25, -0.2) is 4.99 Å². The average molecular weight is 949 g/mol. The van der Waals surface area contributed by atoms with Gasteiger partial charge in [0, 0.05) is 60.7 Å². The van der Waals surface area contributed by atoms with Gasteiger partial charge in [0.1, 0.15) is 6.17 Å². The Morgan fingerprint density at radius 2 is 1.08 bits per heavy atom. The number of hydrogen-bond donors (Lipinski definition) is 1. The van der Waals surface area contributed by atoms with Gasteiger partial charge in [0.15, 0.2) is 11.6 Å². The van der Waals surface area contributed by atoms with Crippen molar-refractivity contribution in [3.63, 3.8) is 0 Å². The summed E-state index contributed by atoms with van der Waals surface area (Å²) in [4.78, 5) is 14.2. The molecule has 8 heteroatoms. The molecule has 2 aliphatic carbocycles. The van der Waals surface area contributed by atoms with Gasteiger partial charge in [-0.3, -0.25) is 9.13 Å². The summed E-state index contributed by atoms with van der Waals surface area (Å²) in [7, 11) is 0. The van der Waals surface area contributed by atoms with Crippen LogP contribution in [0.25, 0.3) is 88.3 Å². The van der Waals surface area contributed by atoms with E-state index < -0.39 is 6.17 Å². The maximum atomic E-state index is 5.77. The number of para-hydroxylation sites is 6. The van der Waals surface area contributed by atoms with Crippen LogP contribution in [-0.2, 0) is 0 Å². The standard InChI is InChI=1S/C66H44N8/c1-5-20-41(21-6-1)59-63(72-54-35-18-15-31-50(54)58-56(72)39-37-48-51-32-19-22-42-40-66(42,51)74(61(48)58)45-27-11-4-12-28-45)69-64-62(67-59)68-65(71(64)44-25-9-3-10-26-44)73-52-33-16-13-29-46(52)47-36-38-55-57(60(47)73)49-30-14-17-34-53(49)70(55)43-23-7-2-8-24-43/h1-39,42,63,69H,40H2. The number of rotatable bonds is 6. The van der Waals surface area contributed by atoms with E-state index in [0.717, 1.165) is 84.7 Å². The Labute approximate surface area is 425 Å². The fourth-order valence-electron chi connectivity index (χ4n) is 13.4. The van der Waals surface area contributed by atoms with Crippen LogP contribution in [0.5, 0.6) is 0 Å². The molecular weight excluding hydrogens is 905 g/mol. The molecule has 1 fully saturated rings. The summed E-state index contributed by atoms with van der Waals surface area (Å²) in [6.45, 7) is 0. The lowest BCUT2D eigenvalue weighted by Gasteiger charge is -2.31. The minimum atomic E-state index is -0.437. The van der Waals surface area contributed by atoms with Gasteiger partial charge in [0.25, 0.3) is 0 Å². The Morgan fingerprint density at radius 1 is 0.486 bits per heavy atom. The van der Waals surface area contributed by atoms with Crippen molar-refractivity contribution in [2.75, 3.05) is 10.2 Å². The molecule has 3 unspecified atom stereocenters. The second kappa shape index (κ2) is 14.7. The molecule has 0 saturated heterocycles. The third kappa shape index (κ3) is 5.20. The van der Waals surface area contributed by atoms with Crippen LogP contribution in [0.3, 0.4) is 0 Å². The van der Waals surface area contributed by atoms with E-state index in [1.165, 1.54) is 44.1 Å². The molecule has 0 bridgehead atoms. The molecule has 348 valence electrons. The maximum absolute atomic E-state index is 5.77. The summed E-state index contributed by atoms with van der Waals surface area (Å²) in [5.41, 5.74) is 15.9. The van der Waals surface area contributed by atoms with Crippen molar-refractivity contribution < 1.29 is 0 Å². The van der Waals surface area contributed by atoms with Crippen molar-refractivity contribution >= 4 is 99.7 Å². The monoisotopic (exact) mass is 948 g/mol. The maximum Gasteiger partial charge on any atom is 0.223 e. The SMILES string of the molecule is C1=CC2CC23C(=C1)c1ccc2c(c1N3c1ccccc1)c1ccccc1n2C1Nc2c(nc(-n3c4ccccc4c4ccc5c(c6ccccc6n5-c5ccccc5)c43)n2-c2ccccc2)N=C1c1ccccc1. The van der Waals surface area contributed by atoms with Crippen LogP contribution >= 0.6 is 0 Å². The van der Waals surface area contributed by atoms with E-state index in [9.17, 15) is 0 Å². The predicted molar refractivity (Wildman–Crippen MR) is 304 cm³/mol. The van der Waals surface area contributed by atoms with Crippen molar-refractivity contribution in [1.29, 1.82) is 0 Å². The zero-order chi connectivity index (χ0) is 48.2. The van der Waals surface area contributed by atoms with Crippen LogP contribution in [0.4, 0.5) is 23.0 Å². The number of nitrogens with one attached hydrogen (secondary N) is 1. The number of benzene rings is 9. The summed E-state index contributed by atoms with van der Waals surface area (Å²) in [6, 6.07) is 78.9. The van der Waals surface area contributed by atoms with Gasteiger partial charge in [0.2, 0.25) is 5.95 Å². The fraction of sp³-hybridized carbons (Fsp3) is 0.0606. The van der Waals surface area contributed by atoms with Crippen LogP contribution in [0.2, 0.25) is 0 Å². The number of anilines is 3. The first-order valence-electron chi connectivity index (χ1n) is 25.6. The van der Waals surface area contributed by atoms with Gasteiger partial charge < -0.3 is 19.4 Å². The first-order valence-corrected chi connectivity index (χ1v) is 25.6. The van der Waals surface area contributed by atoms with Crippen LogP contribution < -0.4 is 10.2 Å². The van der Waals surface area contributed by atoms with E-state index in [0.29, 0.717) is 11.7 Å². The molecular formula is C66H44N8. The lowest BCUT2D eigenvalue weighted by Crippen LogP contribution is -2.31. The largest absolute Gasteiger partial charge is 0.342 e. The highest BCUT2D eigenvalue weighted by Crippen LogP contribution is 2.69. The van der Waals surface area contributed by atoms with E-state index in [1.54, 1.807) is 0 Å². The van der Waals surface area contributed by atoms with Gasteiger partial charge in [-0.05, 0) is 78.7 Å². The van der Waals surface area contributed by atoms with Crippen molar-refractivity contribution in [2.24, 2.45) is 10.9 Å². The Kier molecular flexibility index (Phi) is 7.95. The van der Waals surface area contributed by atoms with Crippen LogP contribution in [0.15, 0.2) is 242 Å². The molecule has 1 saturated carbocycles. The Hall–Kier alpha value is -9.66. The molecule has 1 N–H and O–H groups in total. The summed E-state index contributed by atoms with van der Waals surface area (Å²) in [6.07, 6.45) is 7.71. The third-order valence-electron chi connectivity index (χ3n) is 16.5. The summed E-state index contributed by atoms with van der Waals surface area (Å²) in [5, 5.41) is 11.4. The van der Waals surface area contributed by atoms with Crippen molar-refractivity contribution in [2.45, 2.75) is 18.1 Å². The van der Waals surface area contributed by atoms with E-state index in [1.807, 2.05) is 0 Å². The lowest BCUT2D eigenvalue weighted by atomic mass is 9.94. The number of allylic oxidation sites excluding steroid dienone is 2. The van der Waals surface area contributed by atoms with Crippen LogP contribution in [0.1, 0.15) is 23.7 Å². The molecule has 1 spiro atoms. The number of aliphatic imine (C=N–C) groups is 1. The summed E-state index contributed by atoms with van der Waals surface area (Å²) >= 11 is 0. The summed E-state index contributed by atoms with van der Waals surface area (Å²) in [5.74, 6) is 2.65. The molecule has 4 aliphatic rings. The first kappa shape index (κ1) is 40.0. The zero-order valence-corrected chi connectivity index (χ0v) is 40.0. The molecule has 8 nitrogen and oxygen atoms in total. The molecule has 0 radical (unpaired) electrons. The number of fused-ring (bicyclic) bond motifs is 14. The van der Waals surface area contributed by atoms with Gasteiger partial charge >= 0.3 is 0 Å². The quantitative estimate of drug-likeness (QED) is 0.181. The van der Waals surface area contributed by atoms with E-state index in [-0.39, 0.29) is 5.54 Å². The Balaban J connectivity index is 0.955. The molecule has 0 amide bonds. The fourth-order valence-corrected chi connectivity index (χ4v) is 13.4. The topological polar surface area (TPSA) is 60.2 Å². The number of aromatic nitrogens is 5. The van der Waals surface area contributed by atoms with Crippen molar-refractivity contribution in [1.82, 2.24) is 23.3 Å². The second-order valence-electron chi connectivity index (χ2n) is 20.2. The zero-order valence-electron chi connectivity index (χ0n) is 40.0. The molecule has 6 heterocycles. The molecule has 17 rings (SSSR count). The lowest BCUT2D eigenvalue weighted by molar-refractivity contribution is 0.747. The highest BCUT2D eigenvalue weighted by molar-refractivity contribution is 6.26. The van der Waals surface area contributed by atoms with Crippen molar-refractivity contribution in [3.05, 3.63) is 248 Å². The van der Waals surface area contributed by atoms with Crippen LogP contribution in [-0.4, -0.2) is 34.5 Å². The Morgan fingerprint density at radius 3 is 1.81 bits per heavy atom. The number of hydrogen-bond acceptors (Lipinski definition) is 4. The Bertz CT molecular complexity index is 4610. The molecule has 3 atom stereocenters. The number of imidazole rings is 1. The third-order valence-corrected chi connectivity index (χ3v) is 16.5. The van der Waals surface area contributed by atoms with E-state index >= 15 is 0 Å². The van der Waals surface area contributed by atoms with Gasteiger partial charge in [-0.2, -0.15) is 4.98 Å². The van der Waals surface area contributed by atoms with E-state index in [2.05, 4.69) is 265 Å². The minimum absolute atomic E-state index is 0.0992. The second-order valence-corrected chi connectivity index (χ2v) is 20.2. The molecule has 13 aromatic rings. The highest BCUT2D eigenvalue weighted by Gasteiger charge is 2.65. The van der Waals surface area contributed by atoms with Gasteiger partial charge in [0.05, 0.1) is 55.7 Å². The van der Waals surface area contributed by atoms with Crippen LogP contribution in [0, 0.1) is 5.92 Å². The molecule has 4 aromatic heterocycles. The number of nitrogens with zero attached hydrogens (tertiary/aromatic N) is 7.